The molecule has 0 spiro atoms. The molecular weight excluding hydrogens is 254 g/mol. The maximum absolute atomic E-state index is 11.5. The van der Waals surface area contributed by atoms with E-state index < -0.39 is 16.2 Å². The monoisotopic (exact) mass is 269 g/mol. The third kappa shape index (κ3) is 6.01. The Bertz CT molecular complexity index is 447. The van der Waals surface area contributed by atoms with E-state index in [1.807, 2.05) is 4.72 Å². The van der Waals surface area contributed by atoms with Gasteiger partial charge in [0.15, 0.2) is 0 Å². The van der Waals surface area contributed by atoms with Crippen molar-refractivity contribution < 1.29 is 17.4 Å². The topological polar surface area (TPSA) is 72.5 Å². The first-order valence-electron chi connectivity index (χ1n) is 4.81. The van der Waals surface area contributed by atoms with Crippen molar-refractivity contribution in [2.75, 3.05) is 6.61 Å². The maximum Gasteiger partial charge on any atom is 0.362 e. The van der Waals surface area contributed by atoms with Gasteiger partial charge in [-0.3, -0.25) is 8.98 Å². The van der Waals surface area contributed by atoms with Crippen molar-refractivity contribution in [3.8, 4) is 0 Å². The van der Waals surface area contributed by atoms with E-state index in [0.717, 1.165) is 0 Å². The standard InChI is InChI=1S/C10H13NO4S.Mg.2H/c1-2-8-15-16(13,14)11-10(12)9-6-4-3-5-7-9;;;/h3-7H,2,8H2,1H3,(H,11,12);;;. The zero-order valence-corrected chi connectivity index (χ0v) is 9.66. The number of nitrogens with one attached hydrogen (secondary N) is 1. The molecule has 0 saturated carbocycles. The number of rotatable bonds is 5. The summed E-state index contributed by atoms with van der Waals surface area (Å²) in [6.45, 7) is 1.83. The number of carbonyl (C=O) groups excluding carboxylic acids is 1. The van der Waals surface area contributed by atoms with Gasteiger partial charge in [-0.1, -0.05) is 25.1 Å². The first kappa shape index (κ1) is 16.4. The summed E-state index contributed by atoms with van der Waals surface area (Å²) < 4.78 is 28.8. The summed E-state index contributed by atoms with van der Waals surface area (Å²) in [4.78, 5) is 11.5. The first-order chi connectivity index (χ1) is 7.55. The van der Waals surface area contributed by atoms with Gasteiger partial charge in [0.1, 0.15) is 0 Å². The number of carbonyl (C=O) groups is 1. The van der Waals surface area contributed by atoms with Crippen molar-refractivity contribution in [2.45, 2.75) is 13.3 Å². The average Bonchev–Trinajstić information content (AvgIpc) is 2.27. The van der Waals surface area contributed by atoms with Crippen LogP contribution < -0.4 is 4.72 Å². The Morgan fingerprint density at radius 2 is 1.88 bits per heavy atom. The Kier molecular flexibility index (Phi) is 7.36. The highest BCUT2D eigenvalue weighted by Crippen LogP contribution is 2.00. The van der Waals surface area contributed by atoms with Crippen molar-refractivity contribution in [3.05, 3.63) is 35.9 Å². The maximum atomic E-state index is 11.5. The van der Waals surface area contributed by atoms with Crippen LogP contribution in [-0.2, 0) is 14.5 Å². The molecule has 17 heavy (non-hydrogen) atoms. The third-order valence-corrected chi connectivity index (χ3v) is 2.61. The molecule has 0 saturated heterocycles. The van der Waals surface area contributed by atoms with Crippen molar-refractivity contribution in [3.63, 3.8) is 0 Å². The molecule has 1 aromatic carbocycles. The Morgan fingerprint density at radius 3 is 2.41 bits per heavy atom. The number of benzene rings is 1. The van der Waals surface area contributed by atoms with Crippen molar-refractivity contribution in [1.82, 2.24) is 4.72 Å². The molecule has 1 aromatic rings. The molecule has 1 amide bonds. The smallest absolute Gasteiger partial charge is 0.268 e. The molecule has 0 atom stereocenters. The van der Waals surface area contributed by atoms with Gasteiger partial charge in [-0.15, -0.1) is 0 Å². The lowest BCUT2D eigenvalue weighted by molar-refractivity contribution is 0.0976. The molecular formula is C10H15MgNO4S. The average molecular weight is 270 g/mol. The summed E-state index contributed by atoms with van der Waals surface area (Å²) in [6, 6.07) is 8.07. The summed E-state index contributed by atoms with van der Waals surface area (Å²) in [7, 11) is -3.99. The minimum absolute atomic E-state index is 0. The minimum atomic E-state index is -3.99. The Hall–Kier alpha value is -0.634. The van der Waals surface area contributed by atoms with Gasteiger partial charge in [-0.05, 0) is 18.6 Å². The normalized spacial score (nSPS) is 10.4. The lowest BCUT2D eigenvalue weighted by Gasteiger charge is -2.05. The summed E-state index contributed by atoms with van der Waals surface area (Å²) in [5.74, 6) is -0.697. The van der Waals surface area contributed by atoms with Gasteiger partial charge in [-0.25, -0.2) is 4.72 Å². The predicted molar refractivity (Wildman–Crippen MR) is 67.6 cm³/mol. The Morgan fingerprint density at radius 1 is 1.29 bits per heavy atom. The van der Waals surface area contributed by atoms with E-state index in [1.165, 1.54) is 12.1 Å². The van der Waals surface area contributed by atoms with E-state index >= 15 is 0 Å². The van der Waals surface area contributed by atoms with E-state index in [2.05, 4.69) is 4.18 Å². The molecule has 0 aliphatic rings. The van der Waals surface area contributed by atoms with E-state index in [-0.39, 0.29) is 35.2 Å². The van der Waals surface area contributed by atoms with Gasteiger partial charge in [0.2, 0.25) is 0 Å². The number of hydrogen-bond donors (Lipinski definition) is 1. The second kappa shape index (κ2) is 7.65. The molecule has 0 radical (unpaired) electrons. The molecule has 1 rings (SSSR count). The summed E-state index contributed by atoms with van der Waals surface area (Å²) in [5, 5.41) is 0. The van der Waals surface area contributed by atoms with Gasteiger partial charge in [0.25, 0.3) is 5.91 Å². The van der Waals surface area contributed by atoms with Crippen LogP contribution in [0.25, 0.3) is 0 Å². The highest BCUT2D eigenvalue weighted by molar-refractivity contribution is 7.85. The lowest BCUT2D eigenvalue weighted by atomic mass is 10.2. The molecule has 0 unspecified atom stereocenters. The molecule has 92 valence electrons. The van der Waals surface area contributed by atoms with Crippen LogP contribution >= 0.6 is 0 Å². The third-order valence-electron chi connectivity index (χ3n) is 1.70. The van der Waals surface area contributed by atoms with Gasteiger partial charge in [-0.2, -0.15) is 8.42 Å². The van der Waals surface area contributed by atoms with Crippen LogP contribution in [0.2, 0.25) is 0 Å². The van der Waals surface area contributed by atoms with E-state index in [4.69, 9.17) is 0 Å². The van der Waals surface area contributed by atoms with E-state index in [0.29, 0.717) is 6.42 Å². The van der Waals surface area contributed by atoms with Crippen LogP contribution in [0.5, 0.6) is 0 Å². The molecule has 5 nitrogen and oxygen atoms in total. The second-order valence-corrected chi connectivity index (χ2v) is 4.42. The zero-order chi connectivity index (χ0) is 12.0. The fourth-order valence-electron chi connectivity index (χ4n) is 0.984. The Labute approximate surface area is 117 Å². The molecule has 0 bridgehead atoms. The molecule has 0 aliphatic heterocycles. The molecule has 0 aromatic heterocycles. The quantitative estimate of drug-likeness (QED) is 0.774. The molecule has 0 aliphatic carbocycles. The molecule has 1 N–H and O–H groups in total. The van der Waals surface area contributed by atoms with E-state index in [1.54, 1.807) is 25.1 Å². The van der Waals surface area contributed by atoms with Gasteiger partial charge in [0, 0.05) is 5.56 Å². The predicted octanol–water partition coefficient (Wildman–Crippen LogP) is 0.172. The van der Waals surface area contributed by atoms with Crippen molar-refractivity contribution in [2.24, 2.45) is 0 Å². The van der Waals surface area contributed by atoms with Crippen LogP contribution in [0.4, 0.5) is 0 Å². The second-order valence-electron chi connectivity index (χ2n) is 3.07. The van der Waals surface area contributed by atoms with Crippen LogP contribution in [0, 0.1) is 0 Å². The summed E-state index contributed by atoms with van der Waals surface area (Å²) in [6.07, 6.45) is 0.556. The van der Waals surface area contributed by atoms with Crippen molar-refractivity contribution >= 4 is 39.3 Å². The fourth-order valence-corrected chi connectivity index (χ4v) is 1.77. The van der Waals surface area contributed by atoms with Crippen LogP contribution in [0.3, 0.4) is 0 Å². The van der Waals surface area contributed by atoms with Crippen LogP contribution in [0.15, 0.2) is 30.3 Å². The minimum Gasteiger partial charge on any atom is -0.268 e. The van der Waals surface area contributed by atoms with Crippen molar-refractivity contribution in [1.29, 1.82) is 0 Å². The SMILES string of the molecule is CCCOS(=O)(=O)NC(=O)c1ccccc1.[MgH2]. The lowest BCUT2D eigenvalue weighted by Crippen LogP contribution is -2.32. The number of hydrogen-bond acceptors (Lipinski definition) is 4. The molecule has 0 fully saturated rings. The van der Waals surface area contributed by atoms with Crippen LogP contribution in [0.1, 0.15) is 23.7 Å². The Balaban J connectivity index is 0.00000256. The zero-order valence-electron chi connectivity index (χ0n) is 8.84. The number of amides is 1. The first-order valence-corrected chi connectivity index (χ1v) is 6.22. The van der Waals surface area contributed by atoms with Crippen LogP contribution in [-0.4, -0.2) is 44.0 Å². The summed E-state index contributed by atoms with van der Waals surface area (Å²) >= 11 is 0. The summed E-state index contributed by atoms with van der Waals surface area (Å²) in [5.41, 5.74) is 0.270. The van der Waals surface area contributed by atoms with Gasteiger partial charge >= 0.3 is 33.4 Å². The molecule has 0 heterocycles. The fraction of sp³-hybridized carbons (Fsp3) is 0.300. The highest BCUT2D eigenvalue weighted by atomic mass is 32.2. The van der Waals surface area contributed by atoms with E-state index in [9.17, 15) is 13.2 Å². The highest BCUT2D eigenvalue weighted by Gasteiger charge is 2.15. The van der Waals surface area contributed by atoms with Gasteiger partial charge < -0.3 is 0 Å². The largest absolute Gasteiger partial charge is 0.362 e. The molecule has 7 heteroatoms. The van der Waals surface area contributed by atoms with Gasteiger partial charge in [0.05, 0.1) is 6.61 Å².